The number of rotatable bonds is 6. The highest BCUT2D eigenvalue weighted by molar-refractivity contribution is 5.23. The normalized spacial score (nSPS) is 14.2. The molecule has 0 spiro atoms. The van der Waals surface area contributed by atoms with Crippen LogP contribution in [0.15, 0.2) is 42.5 Å². The SMILES string of the molecule is CCCC/C=C/C(c1ccccc1)N(O)C(C)(C)C. The molecule has 0 radical (unpaired) electrons. The van der Waals surface area contributed by atoms with Crippen LogP contribution in [-0.2, 0) is 0 Å². The Morgan fingerprint density at radius 2 is 1.84 bits per heavy atom. The van der Waals surface area contributed by atoms with E-state index in [2.05, 4.69) is 31.2 Å². The van der Waals surface area contributed by atoms with Gasteiger partial charge in [-0.25, -0.2) is 0 Å². The molecule has 2 nitrogen and oxygen atoms in total. The summed E-state index contributed by atoms with van der Waals surface area (Å²) in [5.41, 5.74) is 0.836. The Kier molecular flexibility index (Phi) is 6.26. The van der Waals surface area contributed by atoms with E-state index in [1.54, 1.807) is 0 Å². The first-order chi connectivity index (χ1) is 8.96. The molecule has 0 heterocycles. The van der Waals surface area contributed by atoms with Gasteiger partial charge in [0.25, 0.3) is 0 Å². The number of hydrogen-bond donors (Lipinski definition) is 1. The lowest BCUT2D eigenvalue weighted by Crippen LogP contribution is -2.40. The predicted molar refractivity (Wildman–Crippen MR) is 81.2 cm³/mol. The smallest absolute Gasteiger partial charge is 0.0786 e. The Morgan fingerprint density at radius 1 is 1.21 bits per heavy atom. The molecule has 2 heteroatoms. The van der Waals surface area contributed by atoms with Gasteiger partial charge < -0.3 is 5.21 Å². The van der Waals surface area contributed by atoms with Crippen molar-refractivity contribution in [3.8, 4) is 0 Å². The van der Waals surface area contributed by atoms with Crippen LogP contribution in [0.3, 0.4) is 0 Å². The highest BCUT2D eigenvalue weighted by atomic mass is 16.5. The molecule has 0 aromatic heterocycles. The van der Waals surface area contributed by atoms with Gasteiger partial charge in [0.15, 0.2) is 0 Å². The number of hydroxylamine groups is 2. The van der Waals surface area contributed by atoms with E-state index in [9.17, 15) is 5.21 Å². The molecule has 0 aliphatic rings. The highest BCUT2D eigenvalue weighted by Gasteiger charge is 2.26. The molecule has 19 heavy (non-hydrogen) atoms. The average Bonchev–Trinajstić information content (AvgIpc) is 2.38. The van der Waals surface area contributed by atoms with Gasteiger partial charge in [-0.2, -0.15) is 5.06 Å². The standard InChI is InChI=1S/C17H27NO/c1-5-6-7-11-14-16(18(19)17(2,3)4)15-12-9-8-10-13-15/h8-14,16,19H,5-7H2,1-4H3/b14-11+. The van der Waals surface area contributed by atoms with Crippen LogP contribution in [-0.4, -0.2) is 15.8 Å². The van der Waals surface area contributed by atoms with E-state index in [0.29, 0.717) is 0 Å². The minimum Gasteiger partial charge on any atom is -0.313 e. The lowest BCUT2D eigenvalue weighted by molar-refractivity contribution is -0.177. The molecule has 1 aromatic carbocycles. The molecular weight excluding hydrogens is 234 g/mol. The minimum absolute atomic E-state index is 0.0851. The van der Waals surface area contributed by atoms with E-state index in [-0.39, 0.29) is 11.6 Å². The van der Waals surface area contributed by atoms with Crippen molar-refractivity contribution in [3.63, 3.8) is 0 Å². The van der Waals surface area contributed by atoms with Crippen molar-refractivity contribution in [1.29, 1.82) is 0 Å². The summed E-state index contributed by atoms with van der Waals surface area (Å²) < 4.78 is 0. The van der Waals surface area contributed by atoms with Crippen molar-refractivity contribution in [2.24, 2.45) is 0 Å². The summed E-state index contributed by atoms with van der Waals surface area (Å²) in [7, 11) is 0. The largest absolute Gasteiger partial charge is 0.313 e. The molecule has 0 fully saturated rings. The van der Waals surface area contributed by atoms with Crippen LogP contribution in [0.2, 0.25) is 0 Å². The van der Waals surface area contributed by atoms with E-state index in [0.717, 1.165) is 12.0 Å². The summed E-state index contributed by atoms with van der Waals surface area (Å²) in [5.74, 6) is 0. The zero-order chi connectivity index (χ0) is 14.3. The van der Waals surface area contributed by atoms with Crippen molar-refractivity contribution in [3.05, 3.63) is 48.0 Å². The van der Waals surface area contributed by atoms with Crippen LogP contribution < -0.4 is 0 Å². The molecule has 0 aliphatic carbocycles. The highest BCUT2D eigenvalue weighted by Crippen LogP contribution is 2.27. The first kappa shape index (κ1) is 15.9. The molecule has 1 rings (SSSR count). The Labute approximate surface area is 117 Å². The number of benzene rings is 1. The molecular formula is C17H27NO. The lowest BCUT2D eigenvalue weighted by Gasteiger charge is -2.35. The fraction of sp³-hybridized carbons (Fsp3) is 0.529. The zero-order valence-electron chi connectivity index (χ0n) is 12.6. The van der Waals surface area contributed by atoms with Crippen LogP contribution in [0.5, 0.6) is 0 Å². The maximum Gasteiger partial charge on any atom is 0.0786 e. The molecule has 0 saturated heterocycles. The van der Waals surface area contributed by atoms with E-state index >= 15 is 0 Å². The fourth-order valence-electron chi connectivity index (χ4n) is 1.95. The summed E-state index contributed by atoms with van der Waals surface area (Å²) >= 11 is 0. The van der Waals surface area contributed by atoms with Gasteiger partial charge in [-0.3, -0.25) is 0 Å². The van der Waals surface area contributed by atoms with Crippen LogP contribution in [0, 0.1) is 0 Å². The third-order valence-electron chi connectivity index (χ3n) is 3.13. The molecule has 1 N–H and O–H groups in total. The third-order valence-corrected chi connectivity index (χ3v) is 3.13. The maximum absolute atomic E-state index is 10.4. The lowest BCUT2D eigenvalue weighted by atomic mass is 10.00. The maximum atomic E-state index is 10.4. The summed E-state index contributed by atoms with van der Waals surface area (Å²) in [6.45, 7) is 8.24. The quantitative estimate of drug-likeness (QED) is 0.444. The van der Waals surface area contributed by atoms with Gasteiger partial charge in [0.05, 0.1) is 6.04 Å². The monoisotopic (exact) mass is 261 g/mol. The van der Waals surface area contributed by atoms with Crippen molar-refractivity contribution < 1.29 is 5.21 Å². The van der Waals surface area contributed by atoms with E-state index in [1.807, 2.05) is 39.0 Å². The Morgan fingerprint density at radius 3 is 2.37 bits per heavy atom. The molecule has 1 atom stereocenters. The van der Waals surface area contributed by atoms with Crippen molar-refractivity contribution >= 4 is 0 Å². The van der Waals surface area contributed by atoms with E-state index in [4.69, 9.17) is 0 Å². The second-order valence-corrected chi connectivity index (χ2v) is 5.94. The summed E-state index contributed by atoms with van der Waals surface area (Å²) in [5, 5.41) is 11.9. The molecule has 106 valence electrons. The van der Waals surface area contributed by atoms with Gasteiger partial charge in [0.2, 0.25) is 0 Å². The predicted octanol–water partition coefficient (Wildman–Crippen LogP) is 4.96. The van der Waals surface area contributed by atoms with Gasteiger partial charge in [-0.1, -0.05) is 62.2 Å². The Hall–Kier alpha value is -1.12. The summed E-state index contributed by atoms with van der Waals surface area (Å²) in [6, 6.07) is 10.1. The second-order valence-electron chi connectivity index (χ2n) is 5.94. The fourth-order valence-corrected chi connectivity index (χ4v) is 1.95. The van der Waals surface area contributed by atoms with E-state index < -0.39 is 0 Å². The van der Waals surface area contributed by atoms with Crippen molar-refractivity contribution in [1.82, 2.24) is 5.06 Å². The molecule has 0 bridgehead atoms. The summed E-state index contributed by atoms with van der Waals surface area (Å²) in [4.78, 5) is 0. The third kappa shape index (κ3) is 5.17. The van der Waals surface area contributed by atoms with E-state index in [1.165, 1.54) is 17.9 Å². The average molecular weight is 261 g/mol. The number of allylic oxidation sites excluding steroid dienone is 1. The van der Waals surface area contributed by atoms with Crippen LogP contribution in [0.1, 0.15) is 58.6 Å². The van der Waals surface area contributed by atoms with Crippen LogP contribution >= 0.6 is 0 Å². The first-order valence-corrected chi connectivity index (χ1v) is 7.16. The number of hydrogen-bond acceptors (Lipinski definition) is 2. The van der Waals surface area contributed by atoms with Gasteiger partial charge in [-0.05, 0) is 32.8 Å². The molecule has 1 aromatic rings. The molecule has 0 aliphatic heterocycles. The summed E-state index contributed by atoms with van der Waals surface area (Å²) in [6.07, 6.45) is 7.74. The number of nitrogens with zero attached hydrogens (tertiary/aromatic N) is 1. The van der Waals surface area contributed by atoms with Gasteiger partial charge >= 0.3 is 0 Å². The van der Waals surface area contributed by atoms with Crippen LogP contribution in [0.25, 0.3) is 0 Å². The number of unbranched alkanes of at least 4 members (excludes halogenated alkanes) is 2. The Bertz CT molecular complexity index is 378. The van der Waals surface area contributed by atoms with Gasteiger partial charge in [0.1, 0.15) is 0 Å². The molecule has 0 amide bonds. The zero-order valence-corrected chi connectivity index (χ0v) is 12.6. The van der Waals surface area contributed by atoms with Crippen LogP contribution in [0.4, 0.5) is 0 Å². The van der Waals surface area contributed by atoms with Gasteiger partial charge in [0, 0.05) is 5.54 Å². The van der Waals surface area contributed by atoms with Crippen molar-refractivity contribution in [2.75, 3.05) is 0 Å². The first-order valence-electron chi connectivity index (χ1n) is 7.16. The molecule has 1 unspecified atom stereocenters. The second kappa shape index (κ2) is 7.46. The minimum atomic E-state index is -0.282. The Balaban J connectivity index is 2.89. The van der Waals surface area contributed by atoms with Gasteiger partial charge in [-0.15, -0.1) is 0 Å². The topological polar surface area (TPSA) is 23.5 Å². The molecule has 0 saturated carbocycles. The van der Waals surface area contributed by atoms with Crippen molar-refractivity contribution in [2.45, 2.75) is 58.5 Å².